The van der Waals surface area contributed by atoms with E-state index in [0.717, 1.165) is 0 Å². The quantitative estimate of drug-likeness (QED) is 0.684. The molecule has 0 saturated heterocycles. The van der Waals surface area contributed by atoms with Crippen LogP contribution in [-0.2, 0) is 16.4 Å². The molecule has 0 aliphatic carbocycles. The molecule has 8 heteroatoms. The molecule has 0 spiro atoms. The number of anilines is 1. The van der Waals surface area contributed by atoms with Crippen LogP contribution in [0.25, 0.3) is 0 Å². The molecule has 0 aliphatic heterocycles. The van der Waals surface area contributed by atoms with Crippen molar-refractivity contribution in [3.05, 3.63) is 83.0 Å². The smallest absolute Gasteiger partial charge is 0.255 e. The van der Waals surface area contributed by atoms with Crippen molar-refractivity contribution in [1.82, 2.24) is 10.3 Å². The Bertz CT molecular complexity index is 1090. The second kappa shape index (κ2) is 7.77. The Morgan fingerprint density at radius 1 is 1.07 bits per heavy atom. The SMILES string of the molecule is Nc1ncc(Cl)cc1C(=O)NCc1ccccc1S(=O)(=O)c1ccccc1. The monoisotopic (exact) mass is 401 g/mol. The van der Waals surface area contributed by atoms with Crippen LogP contribution in [0.15, 0.2) is 76.7 Å². The van der Waals surface area contributed by atoms with Crippen molar-refractivity contribution >= 4 is 33.2 Å². The lowest BCUT2D eigenvalue weighted by molar-refractivity contribution is 0.0951. The minimum Gasteiger partial charge on any atom is -0.383 e. The minimum absolute atomic E-state index is 0.00697. The number of carbonyl (C=O) groups excluding carboxylic acids is 1. The van der Waals surface area contributed by atoms with Crippen molar-refractivity contribution in [2.45, 2.75) is 16.3 Å². The van der Waals surface area contributed by atoms with Crippen LogP contribution in [0.3, 0.4) is 0 Å². The third-order valence-corrected chi connectivity index (χ3v) is 5.96. The van der Waals surface area contributed by atoms with Crippen LogP contribution in [0.2, 0.25) is 5.02 Å². The molecule has 1 heterocycles. The highest BCUT2D eigenvalue weighted by atomic mass is 35.5. The molecule has 0 atom stereocenters. The fourth-order valence-electron chi connectivity index (χ4n) is 2.54. The number of amides is 1. The van der Waals surface area contributed by atoms with E-state index in [4.69, 9.17) is 17.3 Å². The molecular weight excluding hydrogens is 386 g/mol. The highest BCUT2D eigenvalue weighted by Gasteiger charge is 2.21. The summed E-state index contributed by atoms with van der Waals surface area (Å²) >= 11 is 5.85. The van der Waals surface area contributed by atoms with E-state index < -0.39 is 15.7 Å². The van der Waals surface area contributed by atoms with Gasteiger partial charge in [0.15, 0.2) is 0 Å². The Morgan fingerprint density at radius 2 is 1.74 bits per heavy atom. The number of halogens is 1. The van der Waals surface area contributed by atoms with E-state index in [-0.39, 0.29) is 32.7 Å². The first-order chi connectivity index (χ1) is 12.9. The zero-order chi connectivity index (χ0) is 19.4. The van der Waals surface area contributed by atoms with Crippen LogP contribution in [0.4, 0.5) is 5.82 Å². The normalized spacial score (nSPS) is 11.1. The number of nitrogens with zero attached hydrogens (tertiary/aromatic N) is 1. The molecule has 0 fully saturated rings. The van der Waals surface area contributed by atoms with E-state index >= 15 is 0 Å². The first-order valence-electron chi connectivity index (χ1n) is 7.97. The molecule has 0 saturated carbocycles. The van der Waals surface area contributed by atoms with E-state index in [2.05, 4.69) is 10.3 Å². The number of rotatable bonds is 5. The van der Waals surface area contributed by atoms with Gasteiger partial charge in [0.2, 0.25) is 9.84 Å². The summed E-state index contributed by atoms with van der Waals surface area (Å²) in [6.45, 7) is 0.00697. The first kappa shape index (κ1) is 18.9. The highest BCUT2D eigenvalue weighted by Crippen LogP contribution is 2.24. The summed E-state index contributed by atoms with van der Waals surface area (Å²) in [5.74, 6) is -0.448. The maximum absolute atomic E-state index is 12.9. The lowest BCUT2D eigenvalue weighted by atomic mass is 10.2. The van der Waals surface area contributed by atoms with Crippen molar-refractivity contribution in [2.75, 3.05) is 5.73 Å². The van der Waals surface area contributed by atoms with Gasteiger partial charge in [0.05, 0.1) is 20.4 Å². The molecule has 2 aromatic carbocycles. The second-order valence-electron chi connectivity index (χ2n) is 5.69. The van der Waals surface area contributed by atoms with Gasteiger partial charge in [-0.3, -0.25) is 4.79 Å². The molecule has 3 N–H and O–H groups in total. The molecule has 6 nitrogen and oxygen atoms in total. The number of nitrogen functional groups attached to an aromatic ring is 1. The van der Waals surface area contributed by atoms with Crippen molar-refractivity contribution in [1.29, 1.82) is 0 Å². The molecule has 0 unspecified atom stereocenters. The largest absolute Gasteiger partial charge is 0.383 e. The van der Waals surface area contributed by atoms with Gasteiger partial charge >= 0.3 is 0 Å². The molecule has 0 radical (unpaired) electrons. The number of nitrogens with two attached hydrogens (primary N) is 1. The van der Waals surface area contributed by atoms with Gasteiger partial charge in [-0.05, 0) is 29.8 Å². The van der Waals surface area contributed by atoms with Crippen LogP contribution in [0, 0.1) is 0 Å². The molecule has 0 aliphatic rings. The van der Waals surface area contributed by atoms with Crippen molar-refractivity contribution in [3.63, 3.8) is 0 Å². The third-order valence-electron chi connectivity index (χ3n) is 3.88. The second-order valence-corrected chi connectivity index (χ2v) is 8.05. The van der Waals surface area contributed by atoms with Gasteiger partial charge < -0.3 is 11.1 Å². The summed E-state index contributed by atoms with van der Waals surface area (Å²) in [4.78, 5) is 16.5. The van der Waals surface area contributed by atoms with E-state index in [1.54, 1.807) is 36.4 Å². The van der Waals surface area contributed by atoms with Crippen LogP contribution in [0.5, 0.6) is 0 Å². The maximum atomic E-state index is 12.9. The summed E-state index contributed by atoms with van der Waals surface area (Å²) in [5.41, 5.74) is 6.30. The number of aromatic nitrogens is 1. The predicted octanol–water partition coefficient (Wildman–Crippen LogP) is 3.08. The summed E-state index contributed by atoms with van der Waals surface area (Å²) < 4.78 is 25.8. The zero-order valence-corrected chi connectivity index (χ0v) is 15.7. The van der Waals surface area contributed by atoms with Crippen LogP contribution < -0.4 is 11.1 Å². The summed E-state index contributed by atoms with van der Waals surface area (Å²) in [6.07, 6.45) is 1.34. The van der Waals surface area contributed by atoms with Crippen molar-refractivity contribution in [3.8, 4) is 0 Å². The molecule has 3 aromatic rings. The summed E-state index contributed by atoms with van der Waals surface area (Å²) in [7, 11) is -3.71. The van der Waals surface area contributed by atoms with Gasteiger partial charge in [0.25, 0.3) is 5.91 Å². The molecule has 1 aromatic heterocycles. The number of nitrogens with one attached hydrogen (secondary N) is 1. The van der Waals surface area contributed by atoms with E-state index in [0.29, 0.717) is 5.56 Å². The number of pyridine rings is 1. The van der Waals surface area contributed by atoms with Crippen LogP contribution in [-0.4, -0.2) is 19.3 Å². The average Bonchev–Trinajstić information content (AvgIpc) is 2.69. The Hall–Kier alpha value is -2.90. The highest BCUT2D eigenvalue weighted by molar-refractivity contribution is 7.91. The number of sulfone groups is 1. The number of hydrogen-bond acceptors (Lipinski definition) is 5. The van der Waals surface area contributed by atoms with Crippen molar-refractivity contribution in [2.24, 2.45) is 0 Å². The topological polar surface area (TPSA) is 102 Å². The zero-order valence-electron chi connectivity index (χ0n) is 14.1. The Labute approximate surface area is 161 Å². The number of benzene rings is 2. The van der Waals surface area contributed by atoms with Gasteiger partial charge in [-0.1, -0.05) is 48.0 Å². The Morgan fingerprint density at radius 3 is 2.48 bits per heavy atom. The van der Waals surface area contributed by atoms with Gasteiger partial charge in [-0.2, -0.15) is 0 Å². The fraction of sp³-hybridized carbons (Fsp3) is 0.0526. The summed E-state index contributed by atoms with van der Waals surface area (Å²) in [5, 5.41) is 2.94. The van der Waals surface area contributed by atoms with Gasteiger partial charge in [-0.15, -0.1) is 0 Å². The molecule has 3 rings (SSSR count). The number of carbonyl (C=O) groups is 1. The molecule has 0 bridgehead atoms. The van der Waals surface area contributed by atoms with Gasteiger partial charge in [0, 0.05) is 12.7 Å². The maximum Gasteiger partial charge on any atom is 0.255 e. The average molecular weight is 402 g/mol. The lowest BCUT2D eigenvalue weighted by Crippen LogP contribution is -2.25. The number of hydrogen-bond donors (Lipinski definition) is 2. The van der Waals surface area contributed by atoms with Crippen LogP contribution >= 0.6 is 11.6 Å². The fourth-order valence-corrected chi connectivity index (χ4v) is 4.21. The van der Waals surface area contributed by atoms with E-state index in [9.17, 15) is 13.2 Å². The molecule has 138 valence electrons. The summed E-state index contributed by atoms with van der Waals surface area (Å²) in [6, 6.07) is 16.0. The molecular formula is C19H16ClN3O3S. The van der Waals surface area contributed by atoms with Gasteiger partial charge in [-0.25, -0.2) is 13.4 Å². The predicted molar refractivity (Wildman–Crippen MR) is 103 cm³/mol. The van der Waals surface area contributed by atoms with Crippen molar-refractivity contribution < 1.29 is 13.2 Å². The van der Waals surface area contributed by atoms with Crippen LogP contribution in [0.1, 0.15) is 15.9 Å². The van der Waals surface area contributed by atoms with Gasteiger partial charge in [0.1, 0.15) is 5.82 Å². The third kappa shape index (κ3) is 4.10. The Kier molecular flexibility index (Phi) is 5.43. The molecule has 1 amide bonds. The lowest BCUT2D eigenvalue weighted by Gasteiger charge is -2.12. The first-order valence-corrected chi connectivity index (χ1v) is 9.83. The van der Waals surface area contributed by atoms with E-state index in [1.165, 1.54) is 30.5 Å². The molecule has 27 heavy (non-hydrogen) atoms. The minimum atomic E-state index is -3.71. The standard InChI is InChI=1S/C19H16ClN3O3S/c20-14-10-16(18(21)22-12-14)19(24)23-11-13-6-4-5-9-17(13)27(25,26)15-7-2-1-3-8-15/h1-10,12H,11H2,(H2,21,22)(H,23,24). The van der Waals surface area contributed by atoms with E-state index in [1.807, 2.05) is 0 Å². The Balaban J connectivity index is 1.87.